The summed E-state index contributed by atoms with van der Waals surface area (Å²) in [6, 6.07) is -0.312. The molecule has 0 radical (unpaired) electrons. The van der Waals surface area contributed by atoms with Crippen molar-refractivity contribution in [3.8, 4) is 5.75 Å². The SMILES string of the molecule is CCOC(=O)C(F)(F)[C@H](N)c1cc(C(=O)O)cc(C)c1O.Cl. The van der Waals surface area contributed by atoms with Crippen molar-refractivity contribution in [1.29, 1.82) is 0 Å². The molecule has 124 valence electrons. The minimum atomic E-state index is -4.10. The molecular formula is C13H16ClF2NO5. The summed E-state index contributed by atoms with van der Waals surface area (Å²) in [4.78, 5) is 22.2. The molecule has 0 spiro atoms. The van der Waals surface area contributed by atoms with Crippen LogP contribution in [0.25, 0.3) is 0 Å². The first kappa shape index (κ1) is 20.1. The Bertz CT molecular complexity index is 580. The van der Waals surface area contributed by atoms with Crippen LogP contribution in [0.1, 0.15) is 34.5 Å². The third-order valence-electron chi connectivity index (χ3n) is 2.85. The van der Waals surface area contributed by atoms with E-state index in [0.717, 1.165) is 12.1 Å². The van der Waals surface area contributed by atoms with Crippen LogP contribution in [0.4, 0.5) is 8.78 Å². The number of carboxylic acids is 1. The first-order valence-electron chi connectivity index (χ1n) is 6.00. The Morgan fingerprint density at radius 3 is 2.41 bits per heavy atom. The van der Waals surface area contributed by atoms with Crippen molar-refractivity contribution in [3.63, 3.8) is 0 Å². The zero-order valence-corrected chi connectivity index (χ0v) is 12.6. The van der Waals surface area contributed by atoms with Crippen molar-refractivity contribution >= 4 is 24.3 Å². The van der Waals surface area contributed by atoms with E-state index in [4.69, 9.17) is 10.8 Å². The number of rotatable bonds is 5. The number of carboxylic acid groups (broad SMARTS) is 1. The van der Waals surface area contributed by atoms with Gasteiger partial charge in [0, 0.05) is 5.56 Å². The lowest BCUT2D eigenvalue weighted by molar-refractivity contribution is -0.174. The van der Waals surface area contributed by atoms with E-state index in [2.05, 4.69) is 4.74 Å². The van der Waals surface area contributed by atoms with E-state index in [-0.39, 0.29) is 30.1 Å². The van der Waals surface area contributed by atoms with E-state index >= 15 is 0 Å². The number of esters is 1. The van der Waals surface area contributed by atoms with E-state index in [1.165, 1.54) is 13.8 Å². The summed E-state index contributed by atoms with van der Waals surface area (Å²) in [5.41, 5.74) is 4.53. The van der Waals surface area contributed by atoms with Gasteiger partial charge in [-0.1, -0.05) is 0 Å². The van der Waals surface area contributed by atoms with Crippen molar-refractivity contribution in [1.82, 2.24) is 0 Å². The van der Waals surface area contributed by atoms with Gasteiger partial charge in [0.1, 0.15) is 11.8 Å². The molecule has 0 aliphatic carbocycles. The minimum absolute atomic E-state index is 0. The zero-order valence-electron chi connectivity index (χ0n) is 11.8. The normalized spacial score (nSPS) is 12.2. The smallest absolute Gasteiger partial charge is 0.379 e. The van der Waals surface area contributed by atoms with Crippen molar-refractivity contribution < 1.29 is 33.3 Å². The van der Waals surface area contributed by atoms with E-state index in [9.17, 15) is 23.5 Å². The molecule has 0 fully saturated rings. The number of ether oxygens (including phenoxy) is 1. The highest BCUT2D eigenvalue weighted by Crippen LogP contribution is 2.37. The van der Waals surface area contributed by atoms with Gasteiger partial charge in [-0.3, -0.25) is 0 Å². The van der Waals surface area contributed by atoms with Crippen molar-refractivity contribution in [2.45, 2.75) is 25.8 Å². The topological polar surface area (TPSA) is 110 Å². The molecular weight excluding hydrogens is 324 g/mol. The molecule has 0 saturated carbocycles. The molecule has 0 aromatic heterocycles. The van der Waals surface area contributed by atoms with Crippen LogP contribution in [0.2, 0.25) is 0 Å². The predicted octanol–water partition coefficient (Wildman–Crippen LogP) is 2.02. The van der Waals surface area contributed by atoms with Gasteiger partial charge in [0.05, 0.1) is 12.2 Å². The number of aryl methyl sites for hydroxylation is 1. The lowest BCUT2D eigenvalue weighted by atomic mass is 9.95. The summed E-state index contributed by atoms with van der Waals surface area (Å²) in [7, 11) is 0. The summed E-state index contributed by atoms with van der Waals surface area (Å²) in [6.07, 6.45) is 0. The first-order chi connectivity index (χ1) is 9.62. The quantitative estimate of drug-likeness (QED) is 0.708. The molecule has 9 heteroatoms. The van der Waals surface area contributed by atoms with Crippen LogP contribution < -0.4 is 5.73 Å². The second-order valence-corrected chi connectivity index (χ2v) is 4.36. The molecule has 0 unspecified atom stereocenters. The number of hydrogen-bond acceptors (Lipinski definition) is 5. The number of aromatic carboxylic acids is 1. The average molecular weight is 340 g/mol. The van der Waals surface area contributed by atoms with Crippen LogP contribution in [0.15, 0.2) is 12.1 Å². The number of halogens is 3. The number of alkyl halides is 2. The van der Waals surface area contributed by atoms with Gasteiger partial charge in [-0.25, -0.2) is 9.59 Å². The highest BCUT2D eigenvalue weighted by Gasteiger charge is 2.48. The van der Waals surface area contributed by atoms with Gasteiger partial charge in [0.2, 0.25) is 0 Å². The summed E-state index contributed by atoms with van der Waals surface area (Å²) >= 11 is 0. The number of aromatic hydroxyl groups is 1. The average Bonchev–Trinajstić information content (AvgIpc) is 2.40. The maximum atomic E-state index is 13.9. The Hall–Kier alpha value is -1.93. The zero-order chi connectivity index (χ0) is 16.4. The van der Waals surface area contributed by atoms with Crippen LogP contribution in [0.5, 0.6) is 5.75 Å². The molecule has 1 aromatic rings. The van der Waals surface area contributed by atoms with E-state index in [0.29, 0.717) is 0 Å². The third-order valence-corrected chi connectivity index (χ3v) is 2.85. The lowest BCUT2D eigenvalue weighted by Crippen LogP contribution is -2.41. The van der Waals surface area contributed by atoms with Gasteiger partial charge >= 0.3 is 17.9 Å². The molecule has 1 aromatic carbocycles. The van der Waals surface area contributed by atoms with Crippen LogP contribution >= 0.6 is 12.4 Å². The second kappa shape index (κ2) is 7.37. The van der Waals surface area contributed by atoms with Crippen molar-refractivity contribution in [3.05, 3.63) is 28.8 Å². The summed E-state index contributed by atoms with van der Waals surface area (Å²) < 4.78 is 32.0. The fraction of sp³-hybridized carbons (Fsp3) is 0.385. The van der Waals surface area contributed by atoms with Crippen LogP contribution in [-0.4, -0.2) is 34.7 Å². The largest absolute Gasteiger partial charge is 0.507 e. The van der Waals surface area contributed by atoms with Gasteiger partial charge < -0.3 is 20.7 Å². The van der Waals surface area contributed by atoms with Gasteiger partial charge in [-0.15, -0.1) is 12.4 Å². The number of carbonyl (C=O) groups is 2. The fourth-order valence-electron chi connectivity index (χ4n) is 1.72. The Morgan fingerprint density at radius 1 is 1.41 bits per heavy atom. The fourth-order valence-corrected chi connectivity index (χ4v) is 1.72. The lowest BCUT2D eigenvalue weighted by Gasteiger charge is -2.23. The standard InChI is InChI=1S/C13H15F2NO5.ClH/c1-3-21-12(20)13(14,15)10(16)8-5-7(11(18)19)4-6(2)9(8)17;/h4-5,10,17H,3,16H2,1-2H3,(H,18,19);1H/t10-;/m1./s1. The van der Waals surface area contributed by atoms with E-state index in [1.54, 1.807) is 0 Å². The number of benzene rings is 1. The number of hydrogen-bond donors (Lipinski definition) is 3. The molecule has 0 aliphatic rings. The third kappa shape index (κ3) is 3.83. The molecule has 4 N–H and O–H groups in total. The van der Waals surface area contributed by atoms with Gasteiger partial charge in [0.15, 0.2) is 0 Å². The Kier molecular flexibility index (Phi) is 6.72. The van der Waals surface area contributed by atoms with Crippen LogP contribution in [0.3, 0.4) is 0 Å². The number of nitrogens with two attached hydrogens (primary N) is 1. The van der Waals surface area contributed by atoms with Gasteiger partial charge in [-0.2, -0.15) is 8.78 Å². The second-order valence-electron chi connectivity index (χ2n) is 4.36. The van der Waals surface area contributed by atoms with Gasteiger partial charge in [0.25, 0.3) is 0 Å². The van der Waals surface area contributed by atoms with Crippen LogP contribution in [0, 0.1) is 6.92 Å². The van der Waals surface area contributed by atoms with Crippen molar-refractivity contribution in [2.24, 2.45) is 5.73 Å². The summed E-state index contributed by atoms with van der Waals surface area (Å²) in [5.74, 6) is -7.89. The molecule has 6 nitrogen and oxygen atoms in total. The van der Waals surface area contributed by atoms with Gasteiger partial charge in [-0.05, 0) is 31.5 Å². The Morgan fingerprint density at radius 2 is 1.95 bits per heavy atom. The maximum absolute atomic E-state index is 13.9. The Labute approximate surface area is 131 Å². The monoisotopic (exact) mass is 339 g/mol. The molecule has 0 heterocycles. The molecule has 1 atom stereocenters. The number of carbonyl (C=O) groups excluding carboxylic acids is 1. The predicted molar refractivity (Wildman–Crippen MR) is 75.6 cm³/mol. The minimum Gasteiger partial charge on any atom is -0.507 e. The number of phenols is 1. The molecule has 1 rings (SSSR count). The van der Waals surface area contributed by atoms with E-state index < -0.39 is 35.2 Å². The number of phenolic OH excluding ortho intramolecular Hbond substituents is 1. The first-order valence-corrected chi connectivity index (χ1v) is 6.00. The molecule has 22 heavy (non-hydrogen) atoms. The summed E-state index contributed by atoms with van der Waals surface area (Å²) in [6.45, 7) is 2.42. The molecule has 0 saturated heterocycles. The highest BCUT2D eigenvalue weighted by atomic mass is 35.5. The maximum Gasteiger partial charge on any atom is 0.379 e. The van der Waals surface area contributed by atoms with Crippen molar-refractivity contribution in [2.75, 3.05) is 6.61 Å². The Balaban J connectivity index is 0.00000441. The molecule has 0 bridgehead atoms. The highest BCUT2D eigenvalue weighted by molar-refractivity contribution is 5.89. The molecule has 0 aliphatic heterocycles. The summed E-state index contributed by atoms with van der Waals surface area (Å²) in [5, 5.41) is 18.7. The molecule has 0 amide bonds. The van der Waals surface area contributed by atoms with Crippen LogP contribution in [-0.2, 0) is 9.53 Å². The van der Waals surface area contributed by atoms with E-state index in [1.807, 2.05) is 0 Å².